The monoisotopic (exact) mass is 1080 g/mol. The maximum Gasteiger partial charge on any atom is 0.305 e. The van der Waals surface area contributed by atoms with Crippen LogP contribution in [0.3, 0.4) is 0 Å². The van der Waals surface area contributed by atoms with Crippen molar-refractivity contribution in [1.29, 1.82) is 0 Å². The van der Waals surface area contributed by atoms with Crippen molar-refractivity contribution < 1.29 is 24.5 Å². The Morgan fingerprint density at radius 3 is 1.00 bits per heavy atom. The molecule has 0 aromatic rings. The molecule has 3 N–H and O–H groups in total. The van der Waals surface area contributed by atoms with Crippen LogP contribution in [0.4, 0.5) is 0 Å². The normalized spacial score (nSPS) is 12.7. The molecule has 2 unspecified atom stereocenters. The minimum absolute atomic E-state index is 0.00527. The molecule has 0 radical (unpaired) electrons. The minimum Gasteiger partial charge on any atom is -0.466 e. The van der Waals surface area contributed by atoms with Crippen molar-refractivity contribution in [2.24, 2.45) is 0 Å². The molecule has 0 aliphatic carbocycles. The van der Waals surface area contributed by atoms with Gasteiger partial charge in [-0.25, -0.2) is 0 Å². The molecule has 0 saturated carbocycles. The zero-order valence-corrected chi connectivity index (χ0v) is 52.0. The van der Waals surface area contributed by atoms with Gasteiger partial charge in [0.2, 0.25) is 5.91 Å². The molecule has 0 saturated heterocycles. The maximum atomic E-state index is 12.5. The summed E-state index contributed by atoms with van der Waals surface area (Å²) in [4.78, 5) is 24.6. The van der Waals surface area contributed by atoms with Crippen molar-refractivity contribution in [3.63, 3.8) is 0 Å². The summed E-state index contributed by atoms with van der Waals surface area (Å²) < 4.78 is 5.49. The fourth-order valence-electron chi connectivity index (χ4n) is 10.8. The van der Waals surface area contributed by atoms with Crippen LogP contribution in [-0.4, -0.2) is 47.4 Å². The van der Waals surface area contributed by atoms with Crippen LogP contribution in [0.15, 0.2) is 36.5 Å². The molecule has 0 aromatic carbocycles. The number of nitrogens with one attached hydrogen (secondary N) is 1. The highest BCUT2D eigenvalue weighted by Gasteiger charge is 2.18. The first-order valence-electron chi connectivity index (χ1n) is 34.8. The Bertz CT molecular complexity index is 1250. The molecule has 0 heterocycles. The van der Waals surface area contributed by atoms with Crippen LogP contribution in [0.5, 0.6) is 0 Å². The van der Waals surface area contributed by atoms with E-state index in [1.165, 1.54) is 302 Å². The lowest BCUT2D eigenvalue weighted by Gasteiger charge is -2.20. The Kier molecular flexibility index (Phi) is 64.9. The summed E-state index contributed by atoms with van der Waals surface area (Å²) in [5, 5.41) is 23.2. The number of hydrogen-bond donors (Lipinski definition) is 3. The number of aliphatic hydroxyl groups excluding tert-OH is 2. The number of rotatable bonds is 65. The van der Waals surface area contributed by atoms with Gasteiger partial charge in [0.15, 0.2) is 0 Å². The van der Waals surface area contributed by atoms with Crippen molar-refractivity contribution in [2.75, 3.05) is 13.2 Å². The molecular weight excluding hydrogens is 947 g/mol. The molecule has 0 spiro atoms. The molecule has 0 rings (SSSR count). The minimum atomic E-state index is -0.842. The lowest BCUT2D eigenvalue weighted by molar-refractivity contribution is -0.143. The predicted molar refractivity (Wildman–Crippen MR) is 338 cm³/mol. The van der Waals surface area contributed by atoms with Crippen molar-refractivity contribution in [1.82, 2.24) is 5.32 Å². The molecular formula is C71H135NO5. The van der Waals surface area contributed by atoms with E-state index in [1.807, 2.05) is 6.08 Å². The molecule has 0 fully saturated rings. The fourth-order valence-corrected chi connectivity index (χ4v) is 10.8. The third-order valence-corrected chi connectivity index (χ3v) is 16.2. The maximum absolute atomic E-state index is 12.5. The summed E-state index contributed by atoms with van der Waals surface area (Å²) in [7, 11) is 0. The van der Waals surface area contributed by atoms with E-state index in [0.29, 0.717) is 19.4 Å². The Balaban J connectivity index is 3.36. The van der Waals surface area contributed by atoms with Crippen LogP contribution >= 0.6 is 0 Å². The summed E-state index contributed by atoms with van der Waals surface area (Å²) in [6.45, 7) is 4.91. The average Bonchev–Trinajstić information content (AvgIpc) is 3.43. The quantitative estimate of drug-likeness (QED) is 0.0320. The third kappa shape index (κ3) is 63.1. The molecule has 6 nitrogen and oxygen atoms in total. The molecule has 0 aliphatic rings. The summed E-state index contributed by atoms with van der Waals surface area (Å²) >= 11 is 0. The van der Waals surface area contributed by atoms with Gasteiger partial charge in [-0.3, -0.25) is 9.59 Å². The summed E-state index contributed by atoms with van der Waals surface area (Å²) in [6, 6.07) is -0.626. The highest BCUT2D eigenvalue weighted by molar-refractivity contribution is 5.76. The smallest absolute Gasteiger partial charge is 0.305 e. The number of unbranched alkanes of at least 4 members (excludes halogenated alkanes) is 50. The first-order chi connectivity index (χ1) is 38.0. The van der Waals surface area contributed by atoms with Crippen LogP contribution in [0.25, 0.3) is 0 Å². The molecule has 0 aliphatic heterocycles. The summed E-state index contributed by atoms with van der Waals surface area (Å²) in [5.41, 5.74) is 0. The topological polar surface area (TPSA) is 95.9 Å². The van der Waals surface area contributed by atoms with Crippen LogP contribution in [-0.2, 0) is 14.3 Å². The predicted octanol–water partition coefficient (Wildman–Crippen LogP) is 22.3. The van der Waals surface area contributed by atoms with Crippen molar-refractivity contribution in [3.05, 3.63) is 36.5 Å². The summed E-state index contributed by atoms with van der Waals surface area (Å²) in [6.07, 6.45) is 85.0. The second-order valence-electron chi connectivity index (χ2n) is 23.9. The van der Waals surface area contributed by atoms with E-state index in [0.717, 1.165) is 51.4 Å². The Labute approximate surface area is 481 Å². The zero-order chi connectivity index (χ0) is 55.7. The van der Waals surface area contributed by atoms with Gasteiger partial charge in [0.1, 0.15) is 0 Å². The standard InChI is InChI=1S/C71H135NO5/c1-3-5-7-9-11-13-15-17-19-35-39-43-47-51-55-59-63-69(74)68(67-73)72-70(75)64-60-56-52-48-44-40-36-33-31-29-27-25-23-21-22-24-26-28-30-32-34-38-42-46-50-54-58-62-66-77-71(76)65-61-57-53-49-45-41-37-20-18-16-14-12-10-8-6-4-2/h14,16,20,37,59,63,68-69,73-74H,3-13,15,17-19,21-36,38-58,60-62,64-67H2,1-2H3,(H,72,75)/b16-14-,37-20-,63-59+. The number of carbonyl (C=O) groups excluding carboxylic acids is 2. The number of allylic oxidation sites excluding steroid dienone is 5. The van der Waals surface area contributed by atoms with E-state index in [1.54, 1.807) is 6.08 Å². The van der Waals surface area contributed by atoms with Crippen molar-refractivity contribution >= 4 is 11.9 Å². The number of amides is 1. The lowest BCUT2D eigenvalue weighted by Crippen LogP contribution is -2.45. The number of esters is 1. The Morgan fingerprint density at radius 2 is 0.649 bits per heavy atom. The molecule has 0 aromatic heterocycles. The van der Waals surface area contributed by atoms with Crippen molar-refractivity contribution in [2.45, 2.75) is 392 Å². The number of ether oxygens (including phenoxy) is 1. The second kappa shape index (κ2) is 66.6. The first-order valence-corrected chi connectivity index (χ1v) is 34.8. The SMILES string of the molecule is CCCCCC/C=C\C/C=C\CCCCCCCC(=O)OCCCCCCCCCCCCCCCCCCCCCCCCCCCCCCC(=O)NC(CO)C(O)/C=C/CCCCCCCCCCCCCCCC. The highest BCUT2D eigenvalue weighted by Crippen LogP contribution is 2.18. The van der Waals surface area contributed by atoms with Gasteiger partial charge in [-0.15, -0.1) is 0 Å². The molecule has 6 heteroatoms. The van der Waals surface area contributed by atoms with Gasteiger partial charge in [0.05, 0.1) is 25.4 Å². The third-order valence-electron chi connectivity index (χ3n) is 16.2. The Hall–Kier alpha value is -1.92. The zero-order valence-electron chi connectivity index (χ0n) is 52.0. The van der Waals surface area contributed by atoms with Gasteiger partial charge in [-0.1, -0.05) is 339 Å². The molecule has 77 heavy (non-hydrogen) atoms. The molecule has 1 amide bonds. The molecule has 2 atom stereocenters. The average molecular weight is 1080 g/mol. The molecule has 0 bridgehead atoms. The lowest BCUT2D eigenvalue weighted by atomic mass is 10.0. The van der Waals surface area contributed by atoms with Crippen LogP contribution in [0, 0.1) is 0 Å². The van der Waals surface area contributed by atoms with E-state index < -0.39 is 12.1 Å². The second-order valence-corrected chi connectivity index (χ2v) is 23.9. The van der Waals surface area contributed by atoms with E-state index in [4.69, 9.17) is 4.74 Å². The number of hydrogen-bond acceptors (Lipinski definition) is 5. The first kappa shape index (κ1) is 75.1. The van der Waals surface area contributed by atoms with Gasteiger partial charge in [-0.2, -0.15) is 0 Å². The van der Waals surface area contributed by atoms with Crippen LogP contribution in [0.2, 0.25) is 0 Å². The van der Waals surface area contributed by atoms with Crippen LogP contribution in [0.1, 0.15) is 380 Å². The fraction of sp³-hybridized carbons (Fsp3) is 0.887. The van der Waals surface area contributed by atoms with Gasteiger partial charge in [-0.05, 0) is 64.2 Å². The van der Waals surface area contributed by atoms with Gasteiger partial charge < -0.3 is 20.3 Å². The summed E-state index contributed by atoms with van der Waals surface area (Å²) in [5.74, 6) is -0.0573. The van der Waals surface area contributed by atoms with Gasteiger partial charge in [0.25, 0.3) is 0 Å². The van der Waals surface area contributed by atoms with E-state index >= 15 is 0 Å². The van der Waals surface area contributed by atoms with E-state index in [9.17, 15) is 19.8 Å². The van der Waals surface area contributed by atoms with Crippen molar-refractivity contribution in [3.8, 4) is 0 Å². The Morgan fingerprint density at radius 1 is 0.364 bits per heavy atom. The molecule has 454 valence electrons. The highest BCUT2D eigenvalue weighted by atomic mass is 16.5. The van der Waals surface area contributed by atoms with Gasteiger partial charge in [0, 0.05) is 12.8 Å². The largest absolute Gasteiger partial charge is 0.466 e. The van der Waals surface area contributed by atoms with Crippen LogP contribution < -0.4 is 5.32 Å². The van der Waals surface area contributed by atoms with E-state index in [-0.39, 0.29) is 18.5 Å². The van der Waals surface area contributed by atoms with Gasteiger partial charge >= 0.3 is 5.97 Å². The number of carbonyl (C=O) groups is 2. The number of aliphatic hydroxyl groups is 2. The van der Waals surface area contributed by atoms with E-state index in [2.05, 4.69) is 43.5 Å².